The fourth-order valence-electron chi connectivity index (χ4n) is 4.29. The van der Waals surface area contributed by atoms with Gasteiger partial charge in [-0.25, -0.2) is 17.5 Å². The van der Waals surface area contributed by atoms with E-state index in [4.69, 9.17) is 9.47 Å². The molecule has 1 heterocycles. The van der Waals surface area contributed by atoms with E-state index in [0.717, 1.165) is 9.87 Å². The Kier molecular flexibility index (Phi) is 5.73. The number of hydrogen-bond donors (Lipinski definition) is 2. The number of nitrogens with one attached hydrogen (secondary N) is 1. The molecule has 9 nitrogen and oxygen atoms in total. The summed E-state index contributed by atoms with van der Waals surface area (Å²) in [6.07, 6.45) is 1.42. The molecule has 3 aromatic rings. The highest BCUT2D eigenvalue weighted by Gasteiger charge is 2.51. The number of nitrogens with zero attached hydrogens (tertiary/aromatic N) is 1. The van der Waals surface area contributed by atoms with Crippen molar-refractivity contribution in [2.75, 3.05) is 26.2 Å². The van der Waals surface area contributed by atoms with Gasteiger partial charge in [-0.2, -0.15) is 0 Å². The van der Waals surface area contributed by atoms with Gasteiger partial charge < -0.3 is 19.9 Å². The number of rotatable bonds is 7. The molecule has 1 fully saturated rings. The first-order chi connectivity index (χ1) is 17.1. The second-order valence-corrected chi connectivity index (χ2v) is 11.1. The van der Waals surface area contributed by atoms with Gasteiger partial charge in [-0.05, 0) is 65.9 Å². The van der Waals surface area contributed by atoms with Crippen LogP contribution in [0.25, 0.3) is 11.1 Å². The quantitative estimate of drug-likeness (QED) is 0.499. The van der Waals surface area contributed by atoms with Crippen LogP contribution in [0.5, 0.6) is 11.5 Å². The summed E-state index contributed by atoms with van der Waals surface area (Å²) >= 11 is 0. The number of carbonyl (C=O) groups is 2. The molecule has 0 atom stereocenters. The van der Waals surface area contributed by atoms with Crippen molar-refractivity contribution < 1.29 is 32.6 Å². The maximum atomic E-state index is 13.3. The van der Waals surface area contributed by atoms with E-state index >= 15 is 0 Å². The first-order valence-corrected chi connectivity index (χ1v) is 12.7. The number of amides is 1. The number of carboxylic acid groups (broad SMARTS) is 1. The molecule has 0 saturated heterocycles. The van der Waals surface area contributed by atoms with Crippen LogP contribution in [0.2, 0.25) is 0 Å². The third-order valence-corrected chi connectivity index (χ3v) is 8.41. The molecule has 1 saturated carbocycles. The second-order valence-electron chi connectivity index (χ2n) is 8.99. The Hall–Kier alpha value is -3.89. The highest BCUT2D eigenvalue weighted by molar-refractivity contribution is 7.89. The Bertz CT molecular complexity index is 1490. The number of carboxylic acids is 1. The highest BCUT2D eigenvalue weighted by atomic mass is 32.2. The van der Waals surface area contributed by atoms with Crippen LogP contribution in [0, 0.1) is 0 Å². The first-order valence-electron chi connectivity index (χ1n) is 11.2. The Balaban J connectivity index is 1.42. The van der Waals surface area contributed by atoms with Crippen molar-refractivity contribution >= 4 is 27.6 Å². The van der Waals surface area contributed by atoms with E-state index in [9.17, 15) is 23.1 Å². The molecule has 0 unspecified atom stereocenters. The van der Waals surface area contributed by atoms with Gasteiger partial charge in [0.05, 0.1) is 15.9 Å². The SMILES string of the molecule is CN(C)S(=O)(=O)c1ccc(-c2cccc(NC(=O)C3(c4ccc5c(c4)OCO5)CC3)c2)cc1C(=O)O. The van der Waals surface area contributed by atoms with Crippen LogP contribution in [-0.4, -0.2) is 50.6 Å². The van der Waals surface area contributed by atoms with Gasteiger partial charge >= 0.3 is 5.97 Å². The maximum absolute atomic E-state index is 13.3. The molecule has 1 aliphatic heterocycles. The van der Waals surface area contributed by atoms with E-state index in [-0.39, 0.29) is 23.2 Å². The smallest absolute Gasteiger partial charge is 0.337 e. The van der Waals surface area contributed by atoms with Crippen molar-refractivity contribution in [3.8, 4) is 22.6 Å². The van der Waals surface area contributed by atoms with Crippen LogP contribution in [0.3, 0.4) is 0 Å². The van der Waals surface area contributed by atoms with Crippen LogP contribution in [0.1, 0.15) is 28.8 Å². The summed E-state index contributed by atoms with van der Waals surface area (Å²) in [7, 11) is -1.25. The van der Waals surface area contributed by atoms with E-state index in [0.29, 0.717) is 41.2 Å². The fraction of sp³-hybridized carbons (Fsp3) is 0.231. The van der Waals surface area contributed by atoms with Crippen molar-refractivity contribution in [3.63, 3.8) is 0 Å². The molecule has 0 radical (unpaired) electrons. The summed E-state index contributed by atoms with van der Waals surface area (Å²) < 4.78 is 36.9. The summed E-state index contributed by atoms with van der Waals surface area (Å²) in [4.78, 5) is 24.8. The van der Waals surface area contributed by atoms with Crippen molar-refractivity contribution in [3.05, 3.63) is 71.8 Å². The van der Waals surface area contributed by atoms with Crippen molar-refractivity contribution in [2.24, 2.45) is 0 Å². The third-order valence-electron chi connectivity index (χ3n) is 6.53. The number of ether oxygens (including phenoxy) is 2. The van der Waals surface area contributed by atoms with Gasteiger partial charge in [0, 0.05) is 19.8 Å². The fourth-order valence-corrected chi connectivity index (χ4v) is 5.35. The van der Waals surface area contributed by atoms with Gasteiger partial charge in [-0.3, -0.25) is 4.79 Å². The number of sulfonamides is 1. The zero-order chi connectivity index (χ0) is 25.7. The molecule has 10 heteroatoms. The minimum atomic E-state index is -3.94. The highest BCUT2D eigenvalue weighted by Crippen LogP contribution is 2.51. The first kappa shape index (κ1) is 23.8. The van der Waals surface area contributed by atoms with Crippen LogP contribution in [0.15, 0.2) is 65.6 Å². The topological polar surface area (TPSA) is 122 Å². The lowest BCUT2D eigenvalue weighted by atomic mass is 9.94. The van der Waals surface area contributed by atoms with Gasteiger partial charge in [0.2, 0.25) is 22.7 Å². The summed E-state index contributed by atoms with van der Waals surface area (Å²) in [5.41, 5.74) is 1.59. The van der Waals surface area contributed by atoms with Crippen LogP contribution in [-0.2, 0) is 20.2 Å². The zero-order valence-electron chi connectivity index (χ0n) is 19.6. The summed E-state index contributed by atoms with van der Waals surface area (Å²) in [6, 6.07) is 16.7. The Morgan fingerprint density at radius 2 is 1.67 bits per heavy atom. The lowest BCUT2D eigenvalue weighted by Gasteiger charge is -2.17. The Morgan fingerprint density at radius 1 is 0.944 bits per heavy atom. The number of benzene rings is 3. The maximum Gasteiger partial charge on any atom is 0.337 e. The minimum absolute atomic E-state index is 0.142. The predicted molar refractivity (Wildman–Crippen MR) is 132 cm³/mol. The van der Waals surface area contributed by atoms with Gasteiger partial charge in [-0.1, -0.05) is 24.3 Å². The van der Waals surface area contributed by atoms with E-state index < -0.39 is 21.4 Å². The number of anilines is 1. The minimum Gasteiger partial charge on any atom is -0.478 e. The van der Waals surface area contributed by atoms with Gasteiger partial charge in [-0.15, -0.1) is 0 Å². The lowest BCUT2D eigenvalue weighted by molar-refractivity contribution is -0.118. The number of aromatic carboxylic acids is 1. The van der Waals surface area contributed by atoms with E-state index in [2.05, 4.69) is 5.32 Å². The number of hydrogen-bond acceptors (Lipinski definition) is 6. The number of fused-ring (bicyclic) bond motifs is 1. The van der Waals surface area contributed by atoms with Crippen LogP contribution in [0.4, 0.5) is 5.69 Å². The van der Waals surface area contributed by atoms with Crippen LogP contribution < -0.4 is 14.8 Å². The molecule has 1 amide bonds. The second kappa shape index (κ2) is 8.65. The van der Waals surface area contributed by atoms with Gasteiger partial charge in [0.25, 0.3) is 0 Å². The summed E-state index contributed by atoms with van der Waals surface area (Å²) in [6.45, 7) is 0.163. The number of carbonyl (C=O) groups excluding carboxylic acids is 1. The molecule has 36 heavy (non-hydrogen) atoms. The third kappa shape index (κ3) is 4.08. The average molecular weight is 509 g/mol. The molecule has 2 aliphatic rings. The van der Waals surface area contributed by atoms with Crippen molar-refractivity contribution in [1.82, 2.24) is 4.31 Å². The molecule has 0 aromatic heterocycles. The standard InChI is InChI=1S/C26H24N2O7S/c1-28(2)36(32,33)23-9-6-17(13-20(23)24(29)30)16-4-3-5-19(12-16)27-25(31)26(10-11-26)18-7-8-21-22(14-18)35-15-34-21/h3-9,12-14H,10-11,15H2,1-2H3,(H,27,31)(H,29,30). The largest absolute Gasteiger partial charge is 0.478 e. The molecule has 2 N–H and O–H groups in total. The van der Waals surface area contributed by atoms with Crippen LogP contribution >= 0.6 is 0 Å². The predicted octanol–water partition coefficient (Wildman–Crippen LogP) is 3.70. The van der Waals surface area contributed by atoms with Gasteiger partial charge in [0.15, 0.2) is 11.5 Å². The van der Waals surface area contributed by atoms with E-state index in [1.807, 2.05) is 18.2 Å². The molecule has 0 bridgehead atoms. The molecule has 5 rings (SSSR count). The summed E-state index contributed by atoms with van der Waals surface area (Å²) in [5.74, 6) is -0.200. The normalized spacial score (nSPS) is 15.5. The zero-order valence-corrected chi connectivity index (χ0v) is 20.5. The monoisotopic (exact) mass is 508 g/mol. The van der Waals surface area contributed by atoms with Crippen molar-refractivity contribution in [1.29, 1.82) is 0 Å². The molecular formula is C26H24N2O7S. The van der Waals surface area contributed by atoms with Crippen molar-refractivity contribution in [2.45, 2.75) is 23.2 Å². The van der Waals surface area contributed by atoms with E-state index in [1.54, 1.807) is 30.3 Å². The molecular weight excluding hydrogens is 484 g/mol. The Morgan fingerprint density at radius 3 is 2.36 bits per heavy atom. The molecule has 0 spiro atoms. The average Bonchev–Trinajstić information content (AvgIpc) is 3.54. The van der Waals surface area contributed by atoms with E-state index in [1.165, 1.54) is 26.2 Å². The summed E-state index contributed by atoms with van der Waals surface area (Å²) in [5, 5.41) is 12.6. The Labute approximate surface area is 208 Å². The molecule has 3 aromatic carbocycles. The lowest BCUT2D eigenvalue weighted by Crippen LogP contribution is -2.27. The molecule has 186 valence electrons. The van der Waals surface area contributed by atoms with Gasteiger partial charge in [0.1, 0.15) is 0 Å². The molecule has 1 aliphatic carbocycles.